The zero-order valence-electron chi connectivity index (χ0n) is 12.4. The second kappa shape index (κ2) is 5.07. The van der Waals surface area contributed by atoms with Crippen LogP contribution in [0, 0.1) is 28.6 Å². The number of nitriles is 1. The summed E-state index contributed by atoms with van der Waals surface area (Å²) < 4.78 is 10.2. The highest BCUT2D eigenvalue weighted by Crippen LogP contribution is 2.59. The first-order valence-corrected chi connectivity index (χ1v) is 7.37. The van der Waals surface area contributed by atoms with E-state index in [1.807, 2.05) is 6.07 Å². The van der Waals surface area contributed by atoms with Gasteiger partial charge in [0.25, 0.3) is 0 Å². The fourth-order valence-electron chi connectivity index (χ4n) is 3.60. The van der Waals surface area contributed by atoms with Crippen LogP contribution in [0.2, 0.25) is 0 Å². The molecule has 0 N–H and O–H groups in total. The first-order chi connectivity index (χ1) is 10.0. The largest absolute Gasteiger partial charge is 0.462 e. The Hall–Kier alpha value is -2.02. The molecule has 0 amide bonds. The summed E-state index contributed by atoms with van der Waals surface area (Å²) in [7, 11) is 0. The van der Waals surface area contributed by atoms with E-state index in [-0.39, 0.29) is 5.76 Å². The van der Waals surface area contributed by atoms with E-state index in [0.29, 0.717) is 23.5 Å². The molecule has 0 radical (unpaired) electrons. The average Bonchev–Trinajstić information content (AvgIpc) is 2.96. The standard InChI is InChI=1S/C17H19NO3/c1-17(2)13-4-3-11(15(17)8-13)5-6-20-16(19)12-7-14(9-18)21-10-12/h3,7,10,13,15H,4-6,8H2,1-2H3/t13-,15-/m0/s1. The predicted octanol–water partition coefficient (Wildman–Crippen LogP) is 3.69. The van der Waals surface area contributed by atoms with Crippen LogP contribution in [0.4, 0.5) is 0 Å². The van der Waals surface area contributed by atoms with Gasteiger partial charge in [0.05, 0.1) is 12.2 Å². The van der Waals surface area contributed by atoms with Gasteiger partial charge >= 0.3 is 5.97 Å². The number of allylic oxidation sites excluding steroid dienone is 1. The van der Waals surface area contributed by atoms with E-state index in [4.69, 9.17) is 14.4 Å². The molecule has 0 spiro atoms. The van der Waals surface area contributed by atoms with Crippen molar-refractivity contribution >= 4 is 5.97 Å². The van der Waals surface area contributed by atoms with Gasteiger partial charge in [0.15, 0.2) is 0 Å². The Kier molecular flexibility index (Phi) is 3.36. The lowest BCUT2D eigenvalue weighted by Gasteiger charge is -2.56. The van der Waals surface area contributed by atoms with Crippen LogP contribution >= 0.6 is 0 Å². The Bertz CT molecular complexity index is 633. The van der Waals surface area contributed by atoms with E-state index in [0.717, 1.165) is 18.8 Å². The summed E-state index contributed by atoms with van der Waals surface area (Å²) in [6, 6.07) is 3.25. The van der Waals surface area contributed by atoms with Gasteiger partial charge < -0.3 is 9.15 Å². The van der Waals surface area contributed by atoms with Crippen LogP contribution in [-0.2, 0) is 4.74 Å². The molecule has 2 atom stereocenters. The van der Waals surface area contributed by atoms with Crippen LogP contribution in [0.1, 0.15) is 49.2 Å². The van der Waals surface area contributed by atoms with E-state index in [1.54, 1.807) is 0 Å². The maximum Gasteiger partial charge on any atom is 0.341 e. The maximum absolute atomic E-state index is 11.8. The van der Waals surface area contributed by atoms with Crippen molar-refractivity contribution in [3.8, 4) is 6.07 Å². The zero-order chi connectivity index (χ0) is 15.0. The normalized spacial score (nSPS) is 25.5. The Morgan fingerprint density at radius 1 is 1.57 bits per heavy atom. The van der Waals surface area contributed by atoms with E-state index < -0.39 is 5.97 Å². The lowest BCUT2D eigenvalue weighted by molar-refractivity contribution is -0.0103. The fourth-order valence-corrected chi connectivity index (χ4v) is 3.60. The minimum atomic E-state index is -0.428. The molecule has 0 aromatic carbocycles. The summed E-state index contributed by atoms with van der Waals surface area (Å²) in [5, 5.41) is 8.66. The summed E-state index contributed by atoms with van der Waals surface area (Å²) in [4.78, 5) is 11.8. The van der Waals surface area contributed by atoms with Gasteiger partial charge in [-0.15, -0.1) is 0 Å². The highest BCUT2D eigenvalue weighted by atomic mass is 16.5. The zero-order valence-corrected chi connectivity index (χ0v) is 12.4. The molecule has 3 aliphatic rings. The van der Waals surface area contributed by atoms with Gasteiger partial charge in [-0.2, -0.15) is 5.26 Å². The topological polar surface area (TPSA) is 63.2 Å². The molecule has 0 saturated heterocycles. The van der Waals surface area contributed by atoms with Gasteiger partial charge in [0.2, 0.25) is 5.76 Å². The minimum Gasteiger partial charge on any atom is -0.462 e. The molecule has 1 saturated carbocycles. The van der Waals surface area contributed by atoms with Crippen LogP contribution in [0.3, 0.4) is 0 Å². The van der Waals surface area contributed by atoms with Crippen molar-refractivity contribution in [3.63, 3.8) is 0 Å². The number of hydrogen-bond acceptors (Lipinski definition) is 4. The Morgan fingerprint density at radius 3 is 3.00 bits per heavy atom. The first kappa shape index (κ1) is 13.9. The van der Waals surface area contributed by atoms with E-state index in [9.17, 15) is 4.79 Å². The molecular weight excluding hydrogens is 266 g/mol. The molecule has 3 aliphatic carbocycles. The number of hydrogen-bond donors (Lipinski definition) is 0. The lowest BCUT2D eigenvalue weighted by Crippen LogP contribution is -2.48. The van der Waals surface area contributed by atoms with E-state index in [2.05, 4.69) is 19.9 Å². The monoisotopic (exact) mass is 285 g/mol. The van der Waals surface area contributed by atoms with Crippen LogP contribution < -0.4 is 0 Å². The van der Waals surface area contributed by atoms with E-state index in [1.165, 1.54) is 24.3 Å². The molecule has 1 heterocycles. The smallest absolute Gasteiger partial charge is 0.341 e. The van der Waals surface area contributed by atoms with Crippen molar-refractivity contribution < 1.29 is 13.9 Å². The molecule has 4 heteroatoms. The number of carbonyl (C=O) groups excluding carboxylic acids is 1. The third-order valence-corrected chi connectivity index (χ3v) is 5.15. The van der Waals surface area contributed by atoms with Crippen LogP contribution in [0.25, 0.3) is 0 Å². The summed E-state index contributed by atoms with van der Waals surface area (Å²) in [6.07, 6.45) is 6.82. The van der Waals surface area contributed by atoms with Crippen molar-refractivity contribution in [2.75, 3.05) is 6.61 Å². The van der Waals surface area contributed by atoms with Crippen molar-refractivity contribution in [1.82, 2.24) is 0 Å². The first-order valence-electron chi connectivity index (χ1n) is 7.37. The quantitative estimate of drug-likeness (QED) is 0.625. The summed E-state index contributed by atoms with van der Waals surface area (Å²) in [5.41, 5.74) is 2.13. The van der Waals surface area contributed by atoms with Crippen molar-refractivity contribution in [2.45, 2.75) is 33.1 Å². The van der Waals surface area contributed by atoms with Crippen LogP contribution in [0.5, 0.6) is 0 Å². The Balaban J connectivity index is 1.52. The van der Waals surface area contributed by atoms with Crippen molar-refractivity contribution in [1.29, 1.82) is 5.26 Å². The highest BCUT2D eigenvalue weighted by molar-refractivity contribution is 5.89. The Morgan fingerprint density at radius 2 is 2.38 bits per heavy atom. The molecule has 0 aliphatic heterocycles. The van der Waals surface area contributed by atoms with Gasteiger partial charge in [-0.05, 0) is 30.1 Å². The van der Waals surface area contributed by atoms with Gasteiger partial charge in [-0.1, -0.05) is 25.5 Å². The molecule has 21 heavy (non-hydrogen) atoms. The lowest BCUT2D eigenvalue weighted by atomic mass is 9.48. The second-order valence-electron chi connectivity index (χ2n) is 6.52. The number of esters is 1. The number of ether oxygens (including phenoxy) is 1. The maximum atomic E-state index is 11.8. The van der Waals surface area contributed by atoms with Gasteiger partial charge in [-0.25, -0.2) is 4.79 Å². The predicted molar refractivity (Wildman–Crippen MR) is 76.4 cm³/mol. The molecule has 4 nitrogen and oxygen atoms in total. The molecule has 1 aromatic heterocycles. The number of carbonyl (C=O) groups is 1. The summed E-state index contributed by atoms with van der Waals surface area (Å²) in [6.45, 7) is 5.05. The fraction of sp³-hybridized carbons (Fsp3) is 0.529. The van der Waals surface area contributed by atoms with Crippen LogP contribution in [-0.4, -0.2) is 12.6 Å². The van der Waals surface area contributed by atoms with Crippen molar-refractivity contribution in [3.05, 3.63) is 35.3 Å². The molecular formula is C17H19NO3. The molecule has 1 fully saturated rings. The SMILES string of the molecule is CC1(C)[C@H]2CC=C(CCOC(=O)c3coc(C#N)c3)[C@@H]1C2. The average molecular weight is 285 g/mol. The molecule has 2 bridgehead atoms. The second-order valence-corrected chi connectivity index (χ2v) is 6.52. The number of furan rings is 1. The minimum absolute atomic E-state index is 0.124. The third-order valence-electron chi connectivity index (χ3n) is 5.15. The molecule has 110 valence electrons. The third kappa shape index (κ3) is 2.37. The van der Waals surface area contributed by atoms with Gasteiger partial charge in [0, 0.05) is 12.5 Å². The number of nitrogens with zero attached hydrogens (tertiary/aromatic N) is 1. The van der Waals surface area contributed by atoms with E-state index >= 15 is 0 Å². The van der Waals surface area contributed by atoms with Gasteiger partial charge in [-0.3, -0.25) is 0 Å². The number of rotatable bonds is 4. The van der Waals surface area contributed by atoms with Gasteiger partial charge in [0.1, 0.15) is 12.3 Å². The Labute approximate surface area is 124 Å². The molecule has 0 unspecified atom stereocenters. The van der Waals surface area contributed by atoms with Crippen molar-refractivity contribution in [2.24, 2.45) is 17.3 Å². The summed E-state index contributed by atoms with van der Waals surface area (Å²) in [5.74, 6) is 1.17. The number of fused-ring (bicyclic) bond motifs is 1. The molecule has 4 rings (SSSR count). The molecule has 1 aromatic rings. The highest BCUT2D eigenvalue weighted by Gasteiger charge is 2.50. The van der Waals surface area contributed by atoms with Crippen LogP contribution in [0.15, 0.2) is 28.4 Å². The summed E-state index contributed by atoms with van der Waals surface area (Å²) >= 11 is 0.